The number of hydrogen-bond donors (Lipinski definition) is 2. The molecule has 0 aliphatic rings. The minimum Gasteiger partial charge on any atom is -0.390 e. The van der Waals surface area contributed by atoms with E-state index in [1.165, 1.54) is 6.07 Å². The van der Waals surface area contributed by atoms with Crippen molar-refractivity contribution >= 4 is 0 Å². The van der Waals surface area contributed by atoms with Crippen LogP contribution in [0.4, 0.5) is 0 Å². The maximum Gasteiger partial charge on any atom is 0.266 e. The van der Waals surface area contributed by atoms with Gasteiger partial charge in [0.2, 0.25) is 0 Å². The van der Waals surface area contributed by atoms with Gasteiger partial charge < -0.3 is 10.1 Å². The summed E-state index contributed by atoms with van der Waals surface area (Å²) in [7, 11) is 0. The Morgan fingerprint density at radius 2 is 2.12 bits per heavy atom. The minimum absolute atomic E-state index is 0.0324. The van der Waals surface area contributed by atoms with Gasteiger partial charge in [0.05, 0.1) is 12.3 Å². The number of rotatable bonds is 2. The molecule has 0 radical (unpaired) electrons. The third-order valence-corrected chi connectivity index (χ3v) is 2.43. The first-order valence-corrected chi connectivity index (χ1v) is 5.00. The number of aromatic nitrogens is 2. The lowest BCUT2D eigenvalue weighted by molar-refractivity contribution is -0.377. The first-order valence-electron chi connectivity index (χ1n) is 5.00. The van der Waals surface area contributed by atoms with Crippen LogP contribution in [0.25, 0.3) is 11.1 Å². The molecule has 17 heavy (non-hydrogen) atoms. The Bertz CT molecular complexity index is 626. The summed E-state index contributed by atoms with van der Waals surface area (Å²) in [6.07, 6.45) is 3.46. The predicted molar refractivity (Wildman–Crippen MR) is 59.7 cm³/mol. The van der Waals surface area contributed by atoms with E-state index in [9.17, 15) is 9.90 Å². The Morgan fingerprint density at radius 1 is 1.41 bits per heavy atom. The first-order chi connectivity index (χ1) is 8.26. The standard InChI is InChI=1S/C12H9N3O2/c13-6-9-5-10(8-1-3-14-4-2-8)11(7-16)15-12(9)17/h1-5,16H,7H2,(H,15,17)/p+1. The molecule has 0 fully saturated rings. The molecule has 2 aromatic heterocycles. The minimum atomic E-state index is -0.484. The number of aromatic amines is 2. The zero-order valence-electron chi connectivity index (χ0n) is 8.90. The summed E-state index contributed by atoms with van der Waals surface area (Å²) >= 11 is 0. The van der Waals surface area contributed by atoms with Crippen LogP contribution in [-0.2, 0) is 6.61 Å². The fourth-order valence-electron chi connectivity index (χ4n) is 1.60. The van der Waals surface area contributed by atoms with Crippen molar-refractivity contribution in [2.24, 2.45) is 0 Å². The largest absolute Gasteiger partial charge is 0.390 e. The normalized spacial score (nSPS) is 9.88. The molecular weight excluding hydrogens is 218 g/mol. The Balaban J connectivity index is 2.69. The lowest BCUT2D eigenvalue weighted by Gasteiger charge is -2.06. The average Bonchev–Trinajstić information content (AvgIpc) is 2.39. The van der Waals surface area contributed by atoms with Crippen LogP contribution in [-0.4, -0.2) is 10.1 Å². The quantitative estimate of drug-likeness (QED) is 0.770. The summed E-state index contributed by atoms with van der Waals surface area (Å²) < 4.78 is 0. The number of nitriles is 1. The summed E-state index contributed by atoms with van der Waals surface area (Å²) in [5, 5.41) is 18.0. The van der Waals surface area contributed by atoms with E-state index in [2.05, 4.69) is 9.97 Å². The summed E-state index contributed by atoms with van der Waals surface area (Å²) in [5.74, 6) is 0. The van der Waals surface area contributed by atoms with Crippen molar-refractivity contribution in [3.63, 3.8) is 0 Å². The van der Waals surface area contributed by atoms with Crippen molar-refractivity contribution in [1.29, 1.82) is 5.26 Å². The maximum atomic E-state index is 11.4. The second-order valence-corrected chi connectivity index (χ2v) is 3.46. The average molecular weight is 228 g/mol. The smallest absolute Gasteiger partial charge is 0.266 e. The van der Waals surface area contributed by atoms with Gasteiger partial charge in [-0.3, -0.25) is 4.79 Å². The van der Waals surface area contributed by atoms with Crippen LogP contribution in [0.2, 0.25) is 0 Å². The van der Waals surface area contributed by atoms with E-state index in [0.717, 1.165) is 5.56 Å². The Hall–Kier alpha value is -2.45. The van der Waals surface area contributed by atoms with Crippen LogP contribution >= 0.6 is 0 Å². The van der Waals surface area contributed by atoms with Gasteiger partial charge in [0.1, 0.15) is 11.6 Å². The molecule has 0 amide bonds. The molecule has 0 aliphatic heterocycles. The van der Waals surface area contributed by atoms with Gasteiger partial charge in [0.25, 0.3) is 5.56 Å². The molecule has 2 rings (SSSR count). The van der Waals surface area contributed by atoms with Crippen LogP contribution < -0.4 is 10.5 Å². The molecule has 5 nitrogen and oxygen atoms in total. The lowest BCUT2D eigenvalue weighted by atomic mass is 10.0. The zero-order chi connectivity index (χ0) is 12.3. The molecule has 0 unspecified atom stereocenters. The van der Waals surface area contributed by atoms with Gasteiger partial charge in [-0.25, -0.2) is 4.98 Å². The van der Waals surface area contributed by atoms with Gasteiger partial charge in [-0.05, 0) is 11.6 Å². The highest BCUT2D eigenvalue weighted by atomic mass is 16.3. The molecule has 5 heteroatoms. The second kappa shape index (κ2) is 4.60. The first kappa shape index (κ1) is 11.0. The molecular formula is C12H10N3O2+. The van der Waals surface area contributed by atoms with Gasteiger partial charge in [0.15, 0.2) is 12.4 Å². The van der Waals surface area contributed by atoms with Crippen LogP contribution in [0.1, 0.15) is 11.3 Å². The van der Waals surface area contributed by atoms with E-state index in [0.29, 0.717) is 11.3 Å². The lowest BCUT2D eigenvalue weighted by Crippen LogP contribution is -2.14. The number of pyridine rings is 2. The number of nitrogens with one attached hydrogen (secondary N) is 2. The SMILES string of the molecule is N#Cc1cc(-c2cc[nH+]cc2)c(CO)[nH]c1=O. The van der Waals surface area contributed by atoms with E-state index >= 15 is 0 Å². The molecule has 0 spiro atoms. The maximum absolute atomic E-state index is 11.4. The van der Waals surface area contributed by atoms with Gasteiger partial charge in [-0.2, -0.15) is 5.26 Å². The fraction of sp³-hybridized carbons (Fsp3) is 0.0833. The van der Waals surface area contributed by atoms with E-state index in [1.807, 2.05) is 6.07 Å². The molecule has 3 N–H and O–H groups in total. The molecule has 2 heterocycles. The van der Waals surface area contributed by atoms with Crippen molar-refractivity contribution in [3.8, 4) is 17.2 Å². The van der Waals surface area contributed by atoms with Crippen LogP contribution in [0.5, 0.6) is 0 Å². The van der Waals surface area contributed by atoms with E-state index < -0.39 is 5.56 Å². The van der Waals surface area contributed by atoms with Crippen molar-refractivity contribution in [2.75, 3.05) is 0 Å². The number of H-pyrrole nitrogens is 2. The van der Waals surface area contributed by atoms with Crippen molar-refractivity contribution in [1.82, 2.24) is 4.98 Å². The fourth-order valence-corrected chi connectivity index (χ4v) is 1.60. The number of hydrogen-bond acceptors (Lipinski definition) is 3. The van der Waals surface area contributed by atoms with E-state index in [4.69, 9.17) is 5.26 Å². The highest BCUT2D eigenvalue weighted by Gasteiger charge is 2.10. The van der Waals surface area contributed by atoms with Crippen molar-refractivity contribution < 1.29 is 10.1 Å². The molecule has 0 aliphatic carbocycles. The number of nitrogens with zero attached hydrogens (tertiary/aromatic N) is 1. The number of aliphatic hydroxyl groups excluding tert-OH is 1. The molecule has 0 saturated carbocycles. The summed E-state index contributed by atoms with van der Waals surface area (Å²) in [6, 6.07) is 6.91. The van der Waals surface area contributed by atoms with Crippen LogP contribution in [0.15, 0.2) is 35.4 Å². The molecule has 0 bridgehead atoms. The summed E-state index contributed by atoms with van der Waals surface area (Å²) in [5.41, 5.74) is 1.42. The van der Waals surface area contributed by atoms with Crippen LogP contribution in [0.3, 0.4) is 0 Å². The highest BCUT2D eigenvalue weighted by Crippen LogP contribution is 2.20. The zero-order valence-corrected chi connectivity index (χ0v) is 8.90. The molecule has 0 saturated heterocycles. The second-order valence-electron chi connectivity index (χ2n) is 3.46. The highest BCUT2D eigenvalue weighted by molar-refractivity contribution is 5.66. The summed E-state index contributed by atoms with van der Waals surface area (Å²) in [4.78, 5) is 16.8. The van der Waals surface area contributed by atoms with Crippen molar-refractivity contribution in [3.05, 3.63) is 52.2 Å². The van der Waals surface area contributed by atoms with Gasteiger partial charge in [-0.15, -0.1) is 0 Å². The Kier molecular flexibility index (Phi) is 2.99. The third-order valence-electron chi connectivity index (χ3n) is 2.43. The van der Waals surface area contributed by atoms with E-state index in [-0.39, 0.29) is 12.2 Å². The van der Waals surface area contributed by atoms with Crippen LogP contribution in [0, 0.1) is 11.3 Å². The van der Waals surface area contributed by atoms with Gasteiger partial charge in [-0.1, -0.05) is 0 Å². The molecule has 2 aromatic rings. The summed E-state index contributed by atoms with van der Waals surface area (Å²) in [6.45, 7) is -0.283. The molecule has 0 atom stereocenters. The Morgan fingerprint density at radius 3 is 2.71 bits per heavy atom. The van der Waals surface area contributed by atoms with Gasteiger partial charge >= 0.3 is 0 Å². The molecule has 84 valence electrons. The predicted octanol–water partition coefficient (Wildman–Crippen LogP) is 0.220. The van der Waals surface area contributed by atoms with Gasteiger partial charge in [0, 0.05) is 17.7 Å². The Labute approximate surface area is 97.0 Å². The molecule has 0 aromatic carbocycles. The topological polar surface area (TPSA) is 91.0 Å². The number of aliphatic hydroxyl groups is 1. The van der Waals surface area contributed by atoms with E-state index in [1.54, 1.807) is 24.5 Å². The monoisotopic (exact) mass is 228 g/mol. The third kappa shape index (κ3) is 2.07. The van der Waals surface area contributed by atoms with Crippen molar-refractivity contribution in [2.45, 2.75) is 6.61 Å².